The van der Waals surface area contributed by atoms with E-state index in [-0.39, 0.29) is 29.3 Å². The van der Waals surface area contributed by atoms with E-state index in [1.165, 1.54) is 19.4 Å². The Morgan fingerprint density at radius 1 is 1.21 bits per heavy atom. The molecule has 3 rings (SSSR count). The largest absolute Gasteiger partial charge is 0.465 e. The number of pyridine rings is 2. The van der Waals surface area contributed by atoms with Crippen molar-refractivity contribution in [2.75, 3.05) is 12.4 Å². The van der Waals surface area contributed by atoms with E-state index in [0.717, 1.165) is 12.1 Å². The van der Waals surface area contributed by atoms with Crippen LogP contribution < -0.4 is 5.32 Å². The minimum absolute atomic E-state index is 0. The van der Waals surface area contributed by atoms with E-state index < -0.39 is 22.7 Å². The highest BCUT2D eigenvalue weighted by Crippen LogP contribution is 2.37. The van der Waals surface area contributed by atoms with Crippen molar-refractivity contribution in [3.8, 4) is 0 Å². The molecule has 0 bridgehead atoms. The fraction of sp³-hybridized carbons (Fsp3) is 0.167. The topological polar surface area (TPSA) is 64.1 Å². The summed E-state index contributed by atoms with van der Waals surface area (Å²) < 4.78 is 44.1. The number of carbonyl (C=O) groups is 1. The second kappa shape index (κ2) is 8.20. The van der Waals surface area contributed by atoms with Crippen LogP contribution in [0.1, 0.15) is 21.6 Å². The van der Waals surface area contributed by atoms with E-state index in [4.69, 9.17) is 16.3 Å². The summed E-state index contributed by atoms with van der Waals surface area (Å²) >= 11 is 5.66. The fourth-order valence-electron chi connectivity index (χ4n) is 2.54. The lowest BCUT2D eigenvalue weighted by molar-refractivity contribution is -0.137. The number of anilines is 2. The van der Waals surface area contributed by atoms with Crippen molar-refractivity contribution < 1.29 is 22.7 Å². The van der Waals surface area contributed by atoms with Crippen molar-refractivity contribution in [2.24, 2.45) is 0 Å². The standard InChI is InChI=1S/C18H13ClF3N3O2.ClH/c1-9-3-5-11-15(12(17(26)27-2)8-23-16(11)24-9)25-10-4-6-14(19)13(7-10)18(20,21)22;/h3-8H,1-2H3,(H,23,24,25);1H. The third-order valence-corrected chi connectivity index (χ3v) is 4.14. The van der Waals surface area contributed by atoms with Crippen LogP contribution in [0.5, 0.6) is 0 Å². The molecule has 0 amide bonds. The van der Waals surface area contributed by atoms with Crippen LogP contribution in [0.3, 0.4) is 0 Å². The minimum Gasteiger partial charge on any atom is -0.465 e. The first-order valence-corrected chi connectivity index (χ1v) is 8.07. The van der Waals surface area contributed by atoms with Gasteiger partial charge in [-0.05, 0) is 37.3 Å². The van der Waals surface area contributed by atoms with Gasteiger partial charge in [0.2, 0.25) is 0 Å². The van der Waals surface area contributed by atoms with E-state index in [9.17, 15) is 18.0 Å². The molecule has 0 saturated heterocycles. The quantitative estimate of drug-likeness (QED) is 0.549. The molecule has 0 atom stereocenters. The highest BCUT2D eigenvalue weighted by atomic mass is 35.5. The number of fused-ring (bicyclic) bond motifs is 1. The maximum absolute atomic E-state index is 13.1. The van der Waals surface area contributed by atoms with Crippen molar-refractivity contribution in [3.05, 3.63) is 58.4 Å². The number of nitrogens with one attached hydrogen (secondary N) is 1. The first kappa shape index (κ1) is 21.7. The van der Waals surface area contributed by atoms with Gasteiger partial charge >= 0.3 is 12.1 Å². The van der Waals surface area contributed by atoms with Gasteiger partial charge in [-0.2, -0.15) is 13.2 Å². The number of hydrogen-bond acceptors (Lipinski definition) is 5. The maximum Gasteiger partial charge on any atom is 0.417 e. The number of halogens is 5. The lowest BCUT2D eigenvalue weighted by atomic mass is 10.1. The molecule has 0 unspecified atom stereocenters. The van der Waals surface area contributed by atoms with Crippen LogP contribution in [-0.4, -0.2) is 23.0 Å². The van der Waals surface area contributed by atoms with Gasteiger partial charge in [-0.1, -0.05) is 11.6 Å². The third kappa shape index (κ3) is 4.28. The molecule has 28 heavy (non-hydrogen) atoms. The first-order valence-electron chi connectivity index (χ1n) is 7.69. The van der Waals surface area contributed by atoms with Gasteiger partial charge in [0.25, 0.3) is 0 Å². The number of alkyl halides is 3. The fourth-order valence-corrected chi connectivity index (χ4v) is 2.76. The molecule has 0 radical (unpaired) electrons. The predicted molar refractivity (Wildman–Crippen MR) is 103 cm³/mol. The number of esters is 1. The van der Waals surface area contributed by atoms with Gasteiger partial charge in [0.1, 0.15) is 5.56 Å². The van der Waals surface area contributed by atoms with E-state index in [1.54, 1.807) is 19.1 Å². The van der Waals surface area contributed by atoms with Crippen molar-refractivity contribution in [1.29, 1.82) is 0 Å². The van der Waals surface area contributed by atoms with E-state index in [2.05, 4.69) is 15.3 Å². The van der Waals surface area contributed by atoms with Crippen LogP contribution in [0.4, 0.5) is 24.5 Å². The second-order valence-corrected chi connectivity index (χ2v) is 6.09. The number of aromatic nitrogens is 2. The molecule has 0 saturated carbocycles. The van der Waals surface area contributed by atoms with Crippen LogP contribution in [0, 0.1) is 6.92 Å². The lowest BCUT2D eigenvalue weighted by Gasteiger charge is -2.15. The summed E-state index contributed by atoms with van der Waals surface area (Å²) in [5.74, 6) is -0.683. The predicted octanol–water partition coefficient (Wildman–Crippen LogP) is 5.56. The molecule has 0 fully saturated rings. The summed E-state index contributed by atoms with van der Waals surface area (Å²) in [6.45, 7) is 1.78. The number of benzene rings is 1. The summed E-state index contributed by atoms with van der Waals surface area (Å²) in [5, 5.41) is 2.90. The van der Waals surface area contributed by atoms with E-state index in [1.807, 2.05) is 0 Å². The van der Waals surface area contributed by atoms with Crippen molar-refractivity contribution >= 4 is 52.4 Å². The SMILES string of the molecule is COC(=O)c1cnc2nc(C)ccc2c1Nc1ccc(Cl)c(C(F)(F)F)c1.Cl. The maximum atomic E-state index is 13.1. The Kier molecular flexibility index (Phi) is 6.36. The average molecular weight is 432 g/mol. The van der Waals surface area contributed by atoms with Gasteiger partial charge < -0.3 is 10.1 Å². The summed E-state index contributed by atoms with van der Waals surface area (Å²) in [4.78, 5) is 20.5. The molecule has 0 aliphatic heterocycles. The molecular formula is C18H14Cl2F3N3O2. The number of carbonyl (C=O) groups excluding carboxylic acids is 1. The van der Waals surface area contributed by atoms with Gasteiger partial charge in [0.05, 0.1) is 23.4 Å². The molecule has 0 aliphatic rings. The Morgan fingerprint density at radius 3 is 2.57 bits per heavy atom. The molecule has 10 heteroatoms. The molecular weight excluding hydrogens is 418 g/mol. The summed E-state index contributed by atoms with van der Waals surface area (Å²) in [7, 11) is 1.20. The van der Waals surface area contributed by atoms with Gasteiger partial charge in [0.15, 0.2) is 5.65 Å². The number of nitrogens with zero attached hydrogens (tertiary/aromatic N) is 2. The Morgan fingerprint density at radius 2 is 1.93 bits per heavy atom. The highest BCUT2D eigenvalue weighted by Gasteiger charge is 2.33. The average Bonchev–Trinajstić information content (AvgIpc) is 2.61. The Bertz CT molecular complexity index is 1040. The molecule has 148 valence electrons. The highest BCUT2D eigenvalue weighted by molar-refractivity contribution is 6.31. The van der Waals surface area contributed by atoms with Gasteiger partial charge in [0, 0.05) is 23.0 Å². The number of aryl methyl sites for hydroxylation is 1. The number of methoxy groups -OCH3 is 1. The Balaban J connectivity index is 0.00000280. The van der Waals surface area contributed by atoms with Gasteiger partial charge in [-0.3, -0.25) is 0 Å². The molecule has 5 nitrogen and oxygen atoms in total. The van der Waals surface area contributed by atoms with Crippen molar-refractivity contribution in [2.45, 2.75) is 13.1 Å². The van der Waals surface area contributed by atoms with E-state index >= 15 is 0 Å². The van der Waals surface area contributed by atoms with Crippen LogP contribution in [0.25, 0.3) is 11.0 Å². The van der Waals surface area contributed by atoms with Crippen LogP contribution in [0.2, 0.25) is 5.02 Å². The van der Waals surface area contributed by atoms with Crippen LogP contribution in [-0.2, 0) is 10.9 Å². The van der Waals surface area contributed by atoms with E-state index in [0.29, 0.717) is 16.7 Å². The second-order valence-electron chi connectivity index (χ2n) is 5.68. The summed E-state index contributed by atoms with van der Waals surface area (Å²) in [6, 6.07) is 6.78. The summed E-state index contributed by atoms with van der Waals surface area (Å²) in [5.41, 5.74) is 0.479. The minimum atomic E-state index is -4.61. The zero-order valence-corrected chi connectivity index (χ0v) is 16.2. The normalized spacial score (nSPS) is 11.1. The summed E-state index contributed by atoms with van der Waals surface area (Å²) in [6.07, 6.45) is -3.34. The lowest BCUT2D eigenvalue weighted by Crippen LogP contribution is -2.09. The first-order chi connectivity index (χ1) is 12.7. The zero-order chi connectivity index (χ0) is 19.8. The molecule has 2 heterocycles. The third-order valence-electron chi connectivity index (χ3n) is 3.82. The molecule has 1 aromatic carbocycles. The Labute approximate surface area is 169 Å². The van der Waals surface area contributed by atoms with Crippen LogP contribution in [0.15, 0.2) is 36.5 Å². The smallest absolute Gasteiger partial charge is 0.417 e. The van der Waals surface area contributed by atoms with Gasteiger partial charge in [-0.15, -0.1) is 12.4 Å². The molecule has 0 spiro atoms. The van der Waals surface area contributed by atoms with Crippen molar-refractivity contribution in [3.63, 3.8) is 0 Å². The monoisotopic (exact) mass is 431 g/mol. The zero-order valence-electron chi connectivity index (χ0n) is 14.6. The molecule has 1 N–H and O–H groups in total. The number of rotatable bonds is 3. The molecule has 3 aromatic rings. The molecule has 2 aromatic heterocycles. The van der Waals surface area contributed by atoms with Crippen LogP contribution >= 0.6 is 24.0 Å². The Hall–Kier alpha value is -2.58. The van der Waals surface area contributed by atoms with Gasteiger partial charge in [-0.25, -0.2) is 14.8 Å². The number of hydrogen-bond donors (Lipinski definition) is 1. The molecule has 0 aliphatic carbocycles. The number of ether oxygens (including phenoxy) is 1. The van der Waals surface area contributed by atoms with Crippen molar-refractivity contribution in [1.82, 2.24) is 9.97 Å².